The molecule has 0 spiro atoms. The molecule has 0 amide bonds. The highest BCUT2D eigenvalue weighted by Crippen LogP contribution is 2.58. The molecule has 1 heteroatoms. The summed E-state index contributed by atoms with van der Waals surface area (Å²) in [6, 6.07) is 0. The summed E-state index contributed by atoms with van der Waals surface area (Å²) in [5, 5.41) is 10.8. The molecule has 3 rings (SSSR count). The minimum absolute atomic E-state index is 0.323. The molecular weight excluding hydrogens is 184 g/mol. The molecule has 0 radical (unpaired) electrons. The van der Waals surface area contributed by atoms with Crippen LogP contribution in [-0.4, -0.2) is 10.7 Å². The number of aliphatic hydroxyl groups is 1. The highest BCUT2D eigenvalue weighted by Gasteiger charge is 2.56. The molecule has 3 aliphatic carbocycles. The third-order valence-electron chi connectivity index (χ3n) is 5.69. The van der Waals surface area contributed by atoms with Gasteiger partial charge in [0.25, 0.3) is 0 Å². The van der Waals surface area contributed by atoms with Crippen molar-refractivity contribution in [2.45, 2.75) is 63.9 Å². The van der Waals surface area contributed by atoms with Gasteiger partial charge in [-0.25, -0.2) is 0 Å². The van der Waals surface area contributed by atoms with Crippen LogP contribution in [0.25, 0.3) is 0 Å². The molecule has 4 atom stereocenters. The average molecular weight is 208 g/mol. The zero-order chi connectivity index (χ0) is 10.5. The van der Waals surface area contributed by atoms with Crippen molar-refractivity contribution in [2.75, 3.05) is 0 Å². The van der Waals surface area contributed by atoms with Gasteiger partial charge in [-0.1, -0.05) is 25.7 Å². The Bertz CT molecular complexity index is 222. The summed E-state index contributed by atoms with van der Waals surface area (Å²) in [6.07, 6.45) is 11.0. The van der Waals surface area contributed by atoms with Crippen molar-refractivity contribution < 1.29 is 5.11 Å². The monoisotopic (exact) mass is 208 g/mol. The lowest BCUT2D eigenvalue weighted by molar-refractivity contribution is -0.0418. The molecule has 86 valence electrons. The zero-order valence-corrected chi connectivity index (χ0v) is 9.91. The fourth-order valence-corrected chi connectivity index (χ4v) is 5.07. The van der Waals surface area contributed by atoms with Gasteiger partial charge >= 0.3 is 0 Å². The van der Waals surface area contributed by atoms with E-state index < -0.39 is 0 Å². The molecule has 0 heterocycles. The van der Waals surface area contributed by atoms with Gasteiger partial charge in [-0.2, -0.15) is 0 Å². The molecule has 4 unspecified atom stereocenters. The van der Waals surface area contributed by atoms with Crippen molar-refractivity contribution in [3.63, 3.8) is 0 Å². The first kappa shape index (κ1) is 10.1. The zero-order valence-electron chi connectivity index (χ0n) is 9.91. The average Bonchev–Trinajstić information content (AvgIpc) is 2.51. The Morgan fingerprint density at radius 1 is 0.800 bits per heavy atom. The standard InChI is InChI=1S/C14H24O/c1-14(15)12-8-4-2-6-10(12)11-7-3-5-9-13(11)14/h10-13,15H,2-9H2,1H3. The molecule has 1 nitrogen and oxygen atoms in total. The summed E-state index contributed by atoms with van der Waals surface area (Å²) in [6.45, 7) is 2.14. The van der Waals surface area contributed by atoms with Crippen LogP contribution in [0.1, 0.15) is 58.3 Å². The van der Waals surface area contributed by atoms with Crippen LogP contribution < -0.4 is 0 Å². The van der Waals surface area contributed by atoms with Gasteiger partial charge in [-0.05, 0) is 56.3 Å². The van der Waals surface area contributed by atoms with E-state index in [9.17, 15) is 5.11 Å². The Balaban J connectivity index is 1.90. The first-order chi connectivity index (χ1) is 7.21. The minimum atomic E-state index is -0.323. The number of hydrogen-bond donors (Lipinski definition) is 1. The van der Waals surface area contributed by atoms with Crippen molar-refractivity contribution in [1.29, 1.82) is 0 Å². The molecule has 0 aliphatic heterocycles. The molecule has 1 N–H and O–H groups in total. The first-order valence-corrected chi connectivity index (χ1v) is 6.93. The van der Waals surface area contributed by atoms with Crippen LogP contribution in [0.5, 0.6) is 0 Å². The summed E-state index contributed by atoms with van der Waals surface area (Å²) in [4.78, 5) is 0. The van der Waals surface area contributed by atoms with Crippen LogP contribution in [0.4, 0.5) is 0 Å². The van der Waals surface area contributed by atoms with Gasteiger partial charge < -0.3 is 5.11 Å². The Hall–Kier alpha value is -0.0400. The summed E-state index contributed by atoms with van der Waals surface area (Å²) in [5.41, 5.74) is -0.323. The number of fused-ring (bicyclic) bond motifs is 3. The van der Waals surface area contributed by atoms with Gasteiger partial charge in [-0.15, -0.1) is 0 Å². The fraction of sp³-hybridized carbons (Fsp3) is 1.00. The van der Waals surface area contributed by atoms with E-state index in [4.69, 9.17) is 0 Å². The lowest BCUT2D eigenvalue weighted by atomic mass is 9.73. The van der Waals surface area contributed by atoms with E-state index in [-0.39, 0.29) is 5.60 Å². The van der Waals surface area contributed by atoms with E-state index in [0.29, 0.717) is 11.8 Å². The largest absolute Gasteiger partial charge is 0.390 e. The van der Waals surface area contributed by atoms with E-state index in [2.05, 4.69) is 6.92 Å². The molecule has 0 aromatic carbocycles. The Morgan fingerprint density at radius 2 is 1.20 bits per heavy atom. The van der Waals surface area contributed by atoms with Crippen molar-refractivity contribution in [3.05, 3.63) is 0 Å². The normalized spacial score (nSPS) is 54.8. The summed E-state index contributed by atoms with van der Waals surface area (Å²) in [5.74, 6) is 3.02. The topological polar surface area (TPSA) is 20.2 Å². The molecule has 0 saturated heterocycles. The van der Waals surface area contributed by atoms with Gasteiger partial charge in [0, 0.05) is 0 Å². The predicted octanol–water partition coefficient (Wildman–Crippen LogP) is 3.36. The van der Waals surface area contributed by atoms with Gasteiger partial charge in [0.05, 0.1) is 5.60 Å². The second-order valence-electron chi connectivity index (χ2n) is 6.34. The quantitative estimate of drug-likeness (QED) is 0.647. The lowest BCUT2D eigenvalue weighted by Gasteiger charge is -2.35. The minimum Gasteiger partial charge on any atom is -0.390 e. The molecule has 0 bridgehead atoms. The van der Waals surface area contributed by atoms with E-state index in [0.717, 1.165) is 11.8 Å². The molecule has 0 aromatic rings. The van der Waals surface area contributed by atoms with E-state index in [1.54, 1.807) is 0 Å². The van der Waals surface area contributed by atoms with Gasteiger partial charge in [0.2, 0.25) is 0 Å². The van der Waals surface area contributed by atoms with Crippen molar-refractivity contribution in [1.82, 2.24) is 0 Å². The fourth-order valence-electron chi connectivity index (χ4n) is 5.07. The predicted molar refractivity (Wildman–Crippen MR) is 61.5 cm³/mol. The molecule has 15 heavy (non-hydrogen) atoms. The van der Waals surface area contributed by atoms with Crippen LogP contribution in [0.3, 0.4) is 0 Å². The van der Waals surface area contributed by atoms with Crippen LogP contribution in [-0.2, 0) is 0 Å². The highest BCUT2D eigenvalue weighted by atomic mass is 16.3. The second-order valence-corrected chi connectivity index (χ2v) is 6.34. The van der Waals surface area contributed by atoms with Gasteiger partial charge in [0.1, 0.15) is 0 Å². The van der Waals surface area contributed by atoms with Gasteiger partial charge in [-0.3, -0.25) is 0 Å². The van der Waals surface area contributed by atoms with Crippen LogP contribution in [0.2, 0.25) is 0 Å². The summed E-state index contributed by atoms with van der Waals surface area (Å²) in [7, 11) is 0. The van der Waals surface area contributed by atoms with E-state index in [1.807, 2.05) is 0 Å². The maximum Gasteiger partial charge on any atom is 0.0681 e. The van der Waals surface area contributed by atoms with Crippen molar-refractivity contribution in [3.8, 4) is 0 Å². The maximum absolute atomic E-state index is 10.8. The lowest BCUT2D eigenvalue weighted by Crippen LogP contribution is -2.39. The molecule has 3 saturated carbocycles. The molecule has 3 fully saturated rings. The Kier molecular flexibility index (Phi) is 2.35. The third-order valence-corrected chi connectivity index (χ3v) is 5.69. The van der Waals surface area contributed by atoms with Crippen LogP contribution in [0.15, 0.2) is 0 Å². The third kappa shape index (κ3) is 1.39. The maximum atomic E-state index is 10.8. The molecular formula is C14H24O. The molecule has 3 aliphatic rings. The van der Waals surface area contributed by atoms with Crippen LogP contribution in [0, 0.1) is 23.7 Å². The number of rotatable bonds is 0. The van der Waals surface area contributed by atoms with E-state index >= 15 is 0 Å². The summed E-state index contributed by atoms with van der Waals surface area (Å²) >= 11 is 0. The van der Waals surface area contributed by atoms with Crippen molar-refractivity contribution >= 4 is 0 Å². The summed E-state index contributed by atoms with van der Waals surface area (Å²) < 4.78 is 0. The van der Waals surface area contributed by atoms with Gasteiger partial charge in [0.15, 0.2) is 0 Å². The SMILES string of the molecule is CC1(O)C2CCCCC2C2CCCCC21. The Morgan fingerprint density at radius 3 is 1.67 bits per heavy atom. The van der Waals surface area contributed by atoms with Crippen molar-refractivity contribution in [2.24, 2.45) is 23.7 Å². The van der Waals surface area contributed by atoms with Crippen LogP contribution >= 0.6 is 0 Å². The first-order valence-electron chi connectivity index (χ1n) is 6.93. The van der Waals surface area contributed by atoms with E-state index in [1.165, 1.54) is 51.4 Å². The second kappa shape index (κ2) is 3.48. The highest BCUT2D eigenvalue weighted by molar-refractivity contribution is 5.06. The smallest absolute Gasteiger partial charge is 0.0681 e. The molecule has 0 aromatic heterocycles. The number of hydrogen-bond acceptors (Lipinski definition) is 1. The Labute approximate surface area is 93.3 Å².